The molecule has 200 valence electrons. The number of carbonyl (C=O) groups is 2. The van der Waals surface area contributed by atoms with E-state index in [1.54, 1.807) is 43.3 Å². The summed E-state index contributed by atoms with van der Waals surface area (Å²) in [5.74, 6) is -1.84. The lowest BCUT2D eigenvalue weighted by Crippen LogP contribution is -2.48. The Hall–Kier alpha value is -3.95. The Morgan fingerprint density at radius 3 is 2.55 bits per heavy atom. The largest absolute Gasteiger partial charge is 0.342 e. The summed E-state index contributed by atoms with van der Waals surface area (Å²) in [4.78, 5) is 48.4. The van der Waals surface area contributed by atoms with Gasteiger partial charge in [0.25, 0.3) is 5.56 Å². The average Bonchev–Trinajstić information content (AvgIpc) is 3.30. The van der Waals surface area contributed by atoms with Gasteiger partial charge in [0, 0.05) is 30.9 Å². The standard InChI is InChI=1S/C28H31F2N5O3/c1-4-34-13-12-31-22(28(34)38)15-24(36)35-16-19(29)14-23(35)27(37)33-25(18-8-6-5-7-9-18)21-11-10-20(17(2)3)26(30)32-21/h5-13,17,19,23,25H,4,14-16H2,1-3H3,(H,33,37)/t19-,23+,25+/m1/s1. The molecule has 0 bridgehead atoms. The number of hydrogen-bond acceptors (Lipinski definition) is 5. The zero-order chi connectivity index (χ0) is 27.4. The van der Waals surface area contributed by atoms with E-state index in [0.29, 0.717) is 17.7 Å². The first kappa shape index (κ1) is 27.1. The lowest BCUT2D eigenvalue weighted by atomic mass is 9.99. The van der Waals surface area contributed by atoms with Crippen LogP contribution in [0.5, 0.6) is 0 Å². The molecule has 0 saturated carbocycles. The van der Waals surface area contributed by atoms with Gasteiger partial charge in [-0.3, -0.25) is 19.4 Å². The van der Waals surface area contributed by atoms with Gasteiger partial charge >= 0.3 is 0 Å². The van der Waals surface area contributed by atoms with E-state index in [0.717, 1.165) is 4.90 Å². The predicted octanol–water partition coefficient (Wildman–Crippen LogP) is 3.31. The molecule has 8 nitrogen and oxygen atoms in total. The van der Waals surface area contributed by atoms with Gasteiger partial charge in [0.2, 0.25) is 17.8 Å². The second kappa shape index (κ2) is 11.6. The fourth-order valence-electron chi connectivity index (χ4n) is 4.68. The van der Waals surface area contributed by atoms with Crippen LogP contribution in [-0.2, 0) is 22.6 Å². The first-order valence-corrected chi connectivity index (χ1v) is 12.7. The molecule has 0 unspecified atom stereocenters. The Bertz CT molecular complexity index is 1360. The molecule has 1 saturated heterocycles. The Labute approximate surface area is 219 Å². The Balaban J connectivity index is 1.59. The van der Waals surface area contributed by atoms with Crippen LogP contribution in [0.2, 0.25) is 0 Å². The van der Waals surface area contributed by atoms with Gasteiger partial charge < -0.3 is 14.8 Å². The summed E-state index contributed by atoms with van der Waals surface area (Å²) in [5, 5.41) is 2.86. The van der Waals surface area contributed by atoms with Gasteiger partial charge in [-0.1, -0.05) is 50.2 Å². The van der Waals surface area contributed by atoms with Crippen LogP contribution in [0.1, 0.15) is 61.7 Å². The number of nitrogens with one attached hydrogen (secondary N) is 1. The number of alkyl halides is 1. The monoisotopic (exact) mass is 523 g/mol. The molecule has 3 aromatic rings. The van der Waals surface area contributed by atoms with Crippen molar-refractivity contribution in [2.45, 2.75) is 64.3 Å². The Morgan fingerprint density at radius 1 is 1.16 bits per heavy atom. The number of rotatable bonds is 8. The van der Waals surface area contributed by atoms with Crippen molar-refractivity contribution in [1.29, 1.82) is 0 Å². The fourth-order valence-corrected chi connectivity index (χ4v) is 4.68. The summed E-state index contributed by atoms with van der Waals surface area (Å²) < 4.78 is 30.7. The highest BCUT2D eigenvalue weighted by Crippen LogP contribution is 2.27. The molecule has 1 aromatic carbocycles. The normalized spacial score (nSPS) is 18.0. The second-order valence-electron chi connectivity index (χ2n) is 9.66. The van der Waals surface area contributed by atoms with E-state index in [2.05, 4.69) is 15.3 Å². The summed E-state index contributed by atoms with van der Waals surface area (Å²) in [7, 11) is 0. The highest BCUT2D eigenvalue weighted by atomic mass is 19.1. The number of pyridine rings is 1. The number of aromatic nitrogens is 3. The topological polar surface area (TPSA) is 97.2 Å². The number of carbonyl (C=O) groups excluding carboxylic acids is 2. The number of halogens is 2. The maximum Gasteiger partial charge on any atom is 0.272 e. The number of aryl methyl sites for hydroxylation is 1. The maximum absolute atomic E-state index is 14.8. The van der Waals surface area contributed by atoms with E-state index < -0.39 is 41.6 Å². The third-order valence-electron chi connectivity index (χ3n) is 6.75. The van der Waals surface area contributed by atoms with Crippen LogP contribution in [0.3, 0.4) is 0 Å². The van der Waals surface area contributed by atoms with Crippen LogP contribution in [0, 0.1) is 5.95 Å². The molecule has 0 spiro atoms. The van der Waals surface area contributed by atoms with E-state index in [1.807, 2.05) is 19.9 Å². The molecule has 4 rings (SSSR count). The summed E-state index contributed by atoms with van der Waals surface area (Å²) in [5.41, 5.74) is 1.03. The van der Waals surface area contributed by atoms with E-state index >= 15 is 0 Å². The molecular formula is C28H31F2N5O3. The van der Waals surface area contributed by atoms with Crippen LogP contribution in [-0.4, -0.2) is 50.0 Å². The van der Waals surface area contributed by atoms with Crippen molar-refractivity contribution in [3.8, 4) is 0 Å². The van der Waals surface area contributed by atoms with E-state index in [9.17, 15) is 23.2 Å². The smallest absolute Gasteiger partial charge is 0.272 e. The number of amides is 2. The van der Waals surface area contributed by atoms with Gasteiger partial charge in [-0.15, -0.1) is 0 Å². The van der Waals surface area contributed by atoms with Crippen molar-refractivity contribution in [3.05, 3.63) is 93.7 Å². The van der Waals surface area contributed by atoms with Crippen LogP contribution >= 0.6 is 0 Å². The minimum atomic E-state index is -1.40. The molecule has 38 heavy (non-hydrogen) atoms. The molecular weight excluding hydrogens is 492 g/mol. The quantitative estimate of drug-likeness (QED) is 0.457. The predicted molar refractivity (Wildman–Crippen MR) is 138 cm³/mol. The molecule has 1 aliphatic rings. The summed E-state index contributed by atoms with van der Waals surface area (Å²) in [6.07, 6.45) is 1.02. The number of hydrogen-bond donors (Lipinski definition) is 1. The fraction of sp³-hybridized carbons (Fsp3) is 0.393. The first-order valence-electron chi connectivity index (χ1n) is 12.7. The summed E-state index contributed by atoms with van der Waals surface area (Å²) in [6, 6.07) is 10.3. The lowest BCUT2D eigenvalue weighted by molar-refractivity contribution is -0.138. The number of likely N-dealkylation sites (tertiary alicyclic amines) is 1. The van der Waals surface area contributed by atoms with Crippen LogP contribution in [0.15, 0.2) is 59.7 Å². The van der Waals surface area contributed by atoms with Crippen molar-refractivity contribution in [3.63, 3.8) is 0 Å². The first-order chi connectivity index (χ1) is 18.2. The van der Waals surface area contributed by atoms with Crippen LogP contribution in [0.25, 0.3) is 0 Å². The van der Waals surface area contributed by atoms with E-state index in [1.165, 1.54) is 17.0 Å². The third-order valence-corrected chi connectivity index (χ3v) is 6.75. The Morgan fingerprint density at radius 2 is 1.89 bits per heavy atom. The van der Waals surface area contributed by atoms with Crippen LogP contribution in [0.4, 0.5) is 8.78 Å². The van der Waals surface area contributed by atoms with Gasteiger partial charge in [-0.2, -0.15) is 4.39 Å². The number of benzene rings is 1. The van der Waals surface area contributed by atoms with Crippen LogP contribution < -0.4 is 10.9 Å². The van der Waals surface area contributed by atoms with Gasteiger partial charge in [-0.05, 0) is 24.5 Å². The molecule has 0 radical (unpaired) electrons. The molecule has 0 aliphatic carbocycles. The SMILES string of the molecule is CCn1ccnc(CC(=O)N2C[C@H](F)C[C@H]2C(=O)N[C@@H](c2ccccc2)c2ccc(C(C)C)c(F)n2)c1=O. The van der Waals surface area contributed by atoms with Crippen molar-refractivity contribution in [1.82, 2.24) is 24.8 Å². The zero-order valence-electron chi connectivity index (χ0n) is 21.6. The molecule has 10 heteroatoms. The van der Waals surface area contributed by atoms with Crippen molar-refractivity contribution >= 4 is 11.8 Å². The van der Waals surface area contributed by atoms with Gasteiger partial charge in [0.1, 0.15) is 17.9 Å². The highest BCUT2D eigenvalue weighted by molar-refractivity contribution is 5.89. The number of nitrogens with zero attached hydrogens (tertiary/aromatic N) is 4. The summed E-state index contributed by atoms with van der Waals surface area (Å²) >= 11 is 0. The average molecular weight is 524 g/mol. The second-order valence-corrected chi connectivity index (χ2v) is 9.66. The summed E-state index contributed by atoms with van der Waals surface area (Å²) in [6.45, 7) is 5.66. The highest BCUT2D eigenvalue weighted by Gasteiger charge is 2.41. The Kier molecular flexibility index (Phi) is 8.29. The van der Waals surface area contributed by atoms with Gasteiger partial charge in [0.05, 0.1) is 24.7 Å². The molecule has 1 aliphatic heterocycles. The van der Waals surface area contributed by atoms with Gasteiger partial charge in [-0.25, -0.2) is 9.37 Å². The van der Waals surface area contributed by atoms with Gasteiger partial charge in [0.15, 0.2) is 0 Å². The molecule has 2 amide bonds. The molecule has 1 fully saturated rings. The molecule has 3 atom stereocenters. The zero-order valence-corrected chi connectivity index (χ0v) is 21.6. The van der Waals surface area contributed by atoms with E-state index in [4.69, 9.17) is 0 Å². The van der Waals surface area contributed by atoms with E-state index in [-0.39, 0.29) is 36.7 Å². The molecule has 1 N–H and O–H groups in total. The minimum Gasteiger partial charge on any atom is -0.342 e. The molecule has 2 aromatic heterocycles. The molecule has 3 heterocycles. The van der Waals surface area contributed by atoms with Crippen molar-refractivity contribution in [2.75, 3.05) is 6.54 Å². The minimum absolute atomic E-state index is 0.0351. The maximum atomic E-state index is 14.8. The lowest BCUT2D eigenvalue weighted by Gasteiger charge is -2.26. The third kappa shape index (κ3) is 5.79. The van der Waals surface area contributed by atoms with Crippen molar-refractivity contribution < 1.29 is 18.4 Å². The van der Waals surface area contributed by atoms with Crippen molar-refractivity contribution in [2.24, 2.45) is 0 Å².